The third-order valence-corrected chi connectivity index (χ3v) is 4.12. The van der Waals surface area contributed by atoms with Crippen LogP contribution in [0, 0.1) is 5.92 Å². The number of likely N-dealkylation sites (tertiary alicyclic amines) is 1. The first-order valence-electron chi connectivity index (χ1n) is 8.26. The van der Waals surface area contributed by atoms with Crippen LogP contribution in [-0.4, -0.2) is 48.2 Å². The van der Waals surface area contributed by atoms with Gasteiger partial charge in [-0.15, -0.1) is 0 Å². The van der Waals surface area contributed by atoms with Crippen molar-refractivity contribution in [1.82, 2.24) is 4.90 Å². The molecule has 24 heavy (non-hydrogen) atoms. The van der Waals surface area contributed by atoms with E-state index < -0.39 is 5.97 Å². The van der Waals surface area contributed by atoms with Crippen molar-refractivity contribution >= 4 is 11.9 Å². The molecular formula is C18H25NO5. The molecule has 0 radical (unpaired) electrons. The Labute approximate surface area is 142 Å². The molecular weight excluding hydrogens is 310 g/mol. The van der Waals surface area contributed by atoms with E-state index in [9.17, 15) is 9.59 Å². The van der Waals surface area contributed by atoms with Crippen LogP contribution < -0.4 is 9.47 Å². The second-order valence-corrected chi connectivity index (χ2v) is 6.46. The number of hydrogen-bond acceptors (Lipinski definition) is 4. The van der Waals surface area contributed by atoms with Crippen LogP contribution in [0.2, 0.25) is 0 Å². The molecule has 1 amide bonds. The van der Waals surface area contributed by atoms with E-state index in [1.165, 1.54) is 19.2 Å². The highest BCUT2D eigenvalue weighted by Gasteiger charge is 2.29. The van der Waals surface area contributed by atoms with Gasteiger partial charge < -0.3 is 19.5 Å². The number of rotatable bonds is 7. The monoisotopic (exact) mass is 335 g/mol. The van der Waals surface area contributed by atoms with Gasteiger partial charge in [0, 0.05) is 13.0 Å². The number of carbonyl (C=O) groups is 2. The van der Waals surface area contributed by atoms with Crippen molar-refractivity contribution in [3.63, 3.8) is 0 Å². The van der Waals surface area contributed by atoms with Crippen LogP contribution in [0.25, 0.3) is 0 Å². The van der Waals surface area contributed by atoms with Gasteiger partial charge in [-0.25, -0.2) is 4.79 Å². The van der Waals surface area contributed by atoms with Crippen LogP contribution in [0.15, 0.2) is 18.2 Å². The molecule has 0 bridgehead atoms. The number of ether oxygens (including phenoxy) is 2. The average Bonchev–Trinajstić information content (AvgIpc) is 3.00. The third kappa shape index (κ3) is 4.40. The van der Waals surface area contributed by atoms with Crippen molar-refractivity contribution < 1.29 is 24.2 Å². The SMILES string of the molecule is COc1cc(C(=O)O)ccc1OC[C@@H]1CCCN1C(=O)CC(C)C. The Bertz CT molecular complexity index is 599. The molecule has 132 valence electrons. The van der Waals surface area contributed by atoms with Crippen LogP contribution in [-0.2, 0) is 4.79 Å². The standard InChI is InChI=1S/C18H25NO5/c1-12(2)9-17(20)19-8-4-5-14(19)11-24-15-7-6-13(18(21)22)10-16(15)23-3/h6-7,10,12,14H,4-5,8-9,11H2,1-3H3,(H,21,22)/t14-/m0/s1. The number of hydrogen-bond donors (Lipinski definition) is 1. The Morgan fingerprint density at radius 1 is 1.33 bits per heavy atom. The molecule has 1 aliphatic rings. The first-order chi connectivity index (χ1) is 11.4. The molecule has 1 aromatic rings. The largest absolute Gasteiger partial charge is 0.493 e. The number of carboxylic acids is 1. The topological polar surface area (TPSA) is 76.1 Å². The maximum Gasteiger partial charge on any atom is 0.335 e. The van der Waals surface area contributed by atoms with Crippen LogP contribution in [0.5, 0.6) is 11.5 Å². The number of nitrogens with zero attached hydrogens (tertiary/aromatic N) is 1. The van der Waals surface area contributed by atoms with Gasteiger partial charge in [0.05, 0.1) is 18.7 Å². The number of methoxy groups -OCH3 is 1. The van der Waals surface area contributed by atoms with Gasteiger partial charge in [-0.3, -0.25) is 4.79 Å². The summed E-state index contributed by atoms with van der Waals surface area (Å²) < 4.78 is 11.0. The highest BCUT2D eigenvalue weighted by Crippen LogP contribution is 2.29. The molecule has 0 aliphatic carbocycles. The normalized spacial score (nSPS) is 17.2. The zero-order chi connectivity index (χ0) is 17.7. The summed E-state index contributed by atoms with van der Waals surface area (Å²) in [6.07, 6.45) is 2.44. The fraction of sp³-hybridized carbons (Fsp3) is 0.556. The van der Waals surface area contributed by atoms with Gasteiger partial charge in [0.2, 0.25) is 5.91 Å². The highest BCUT2D eigenvalue weighted by molar-refractivity contribution is 5.88. The Hall–Kier alpha value is -2.24. The zero-order valence-electron chi connectivity index (χ0n) is 14.4. The van der Waals surface area contributed by atoms with E-state index in [0.717, 1.165) is 19.4 Å². The van der Waals surface area contributed by atoms with Gasteiger partial charge in [-0.05, 0) is 37.0 Å². The smallest absolute Gasteiger partial charge is 0.335 e. The molecule has 1 fully saturated rings. The molecule has 1 atom stereocenters. The number of carbonyl (C=O) groups excluding carboxylic acids is 1. The summed E-state index contributed by atoms with van der Waals surface area (Å²) in [7, 11) is 1.47. The average molecular weight is 335 g/mol. The second kappa shape index (κ2) is 8.04. The van der Waals surface area contributed by atoms with Gasteiger partial charge in [-0.1, -0.05) is 13.8 Å². The van der Waals surface area contributed by atoms with Crippen LogP contribution in [0.3, 0.4) is 0 Å². The Kier molecular flexibility index (Phi) is 6.06. The van der Waals surface area contributed by atoms with Crippen molar-refractivity contribution in [3.05, 3.63) is 23.8 Å². The Morgan fingerprint density at radius 2 is 2.08 bits per heavy atom. The summed E-state index contributed by atoms with van der Waals surface area (Å²) in [5.74, 6) is 0.368. The third-order valence-electron chi connectivity index (χ3n) is 4.12. The van der Waals surface area contributed by atoms with Crippen LogP contribution in [0.4, 0.5) is 0 Å². The number of aromatic carboxylic acids is 1. The van der Waals surface area contributed by atoms with Crippen molar-refractivity contribution in [2.45, 2.75) is 39.2 Å². The lowest BCUT2D eigenvalue weighted by Crippen LogP contribution is -2.39. The first-order valence-corrected chi connectivity index (χ1v) is 8.26. The lowest BCUT2D eigenvalue weighted by Gasteiger charge is -2.26. The van der Waals surface area contributed by atoms with Crippen LogP contribution in [0.1, 0.15) is 43.5 Å². The minimum absolute atomic E-state index is 0.0557. The van der Waals surface area contributed by atoms with Gasteiger partial charge in [-0.2, -0.15) is 0 Å². The lowest BCUT2D eigenvalue weighted by molar-refractivity contribution is -0.133. The van der Waals surface area contributed by atoms with E-state index >= 15 is 0 Å². The number of benzene rings is 1. The summed E-state index contributed by atoms with van der Waals surface area (Å²) in [4.78, 5) is 25.2. The summed E-state index contributed by atoms with van der Waals surface area (Å²) in [6, 6.07) is 4.57. The van der Waals surface area contributed by atoms with E-state index in [4.69, 9.17) is 14.6 Å². The first kappa shape index (κ1) is 18.1. The fourth-order valence-corrected chi connectivity index (χ4v) is 2.91. The summed E-state index contributed by atoms with van der Waals surface area (Å²) in [6.45, 7) is 5.23. The Morgan fingerprint density at radius 3 is 2.71 bits per heavy atom. The zero-order valence-corrected chi connectivity index (χ0v) is 14.4. The van der Waals surface area contributed by atoms with E-state index in [1.54, 1.807) is 6.07 Å². The minimum atomic E-state index is -1.01. The summed E-state index contributed by atoms with van der Waals surface area (Å²) in [5, 5.41) is 9.03. The summed E-state index contributed by atoms with van der Waals surface area (Å²) >= 11 is 0. The quantitative estimate of drug-likeness (QED) is 0.829. The lowest BCUT2D eigenvalue weighted by atomic mass is 10.1. The molecule has 1 N–H and O–H groups in total. The minimum Gasteiger partial charge on any atom is -0.493 e. The van der Waals surface area contributed by atoms with Gasteiger partial charge in [0.15, 0.2) is 11.5 Å². The predicted molar refractivity (Wildman–Crippen MR) is 89.6 cm³/mol. The molecule has 1 aromatic carbocycles. The predicted octanol–water partition coefficient (Wildman–Crippen LogP) is 2.81. The second-order valence-electron chi connectivity index (χ2n) is 6.46. The molecule has 0 spiro atoms. The van der Waals surface area contributed by atoms with E-state index in [0.29, 0.717) is 30.4 Å². The molecule has 1 aliphatic heterocycles. The van der Waals surface area contributed by atoms with E-state index in [1.807, 2.05) is 18.7 Å². The number of carboxylic acid groups (broad SMARTS) is 1. The van der Waals surface area contributed by atoms with Crippen molar-refractivity contribution in [2.24, 2.45) is 5.92 Å². The summed E-state index contributed by atoms with van der Waals surface area (Å²) in [5.41, 5.74) is 0.147. The maximum atomic E-state index is 12.3. The molecule has 0 unspecified atom stereocenters. The fourth-order valence-electron chi connectivity index (χ4n) is 2.91. The van der Waals surface area contributed by atoms with Gasteiger partial charge in [0.25, 0.3) is 0 Å². The highest BCUT2D eigenvalue weighted by atomic mass is 16.5. The number of amides is 1. The molecule has 6 heteroatoms. The van der Waals surface area contributed by atoms with E-state index in [-0.39, 0.29) is 17.5 Å². The maximum absolute atomic E-state index is 12.3. The van der Waals surface area contributed by atoms with Crippen molar-refractivity contribution in [1.29, 1.82) is 0 Å². The van der Waals surface area contributed by atoms with Crippen molar-refractivity contribution in [2.75, 3.05) is 20.3 Å². The molecule has 6 nitrogen and oxygen atoms in total. The van der Waals surface area contributed by atoms with E-state index in [2.05, 4.69) is 0 Å². The van der Waals surface area contributed by atoms with Gasteiger partial charge >= 0.3 is 5.97 Å². The molecule has 0 saturated carbocycles. The van der Waals surface area contributed by atoms with Gasteiger partial charge in [0.1, 0.15) is 6.61 Å². The Balaban J connectivity index is 2.02. The molecule has 0 aromatic heterocycles. The molecule has 1 heterocycles. The molecule has 1 saturated heterocycles. The van der Waals surface area contributed by atoms with Crippen LogP contribution >= 0.6 is 0 Å². The molecule has 2 rings (SSSR count). The van der Waals surface area contributed by atoms with Crippen molar-refractivity contribution in [3.8, 4) is 11.5 Å².